The van der Waals surface area contributed by atoms with Gasteiger partial charge in [-0.2, -0.15) is 0 Å². The molecular formula is C19H30IN3O. The van der Waals surface area contributed by atoms with E-state index in [4.69, 9.17) is 4.74 Å². The van der Waals surface area contributed by atoms with Crippen molar-refractivity contribution >= 4 is 29.9 Å². The van der Waals surface area contributed by atoms with Gasteiger partial charge in [0.1, 0.15) is 0 Å². The second-order valence-corrected chi connectivity index (χ2v) is 6.86. The van der Waals surface area contributed by atoms with Crippen LogP contribution >= 0.6 is 24.0 Å². The summed E-state index contributed by atoms with van der Waals surface area (Å²) >= 11 is 0. The van der Waals surface area contributed by atoms with Gasteiger partial charge < -0.3 is 15.0 Å². The lowest BCUT2D eigenvalue weighted by atomic mass is 9.82. The Kier molecular flexibility index (Phi) is 7.81. The minimum absolute atomic E-state index is 0. The zero-order valence-corrected chi connectivity index (χ0v) is 17.2. The smallest absolute Gasteiger partial charge is 0.193 e. The van der Waals surface area contributed by atoms with Crippen LogP contribution in [0.1, 0.15) is 36.8 Å². The van der Waals surface area contributed by atoms with E-state index in [0.29, 0.717) is 6.61 Å². The van der Waals surface area contributed by atoms with E-state index in [1.807, 2.05) is 7.05 Å². The molecule has 0 spiro atoms. The van der Waals surface area contributed by atoms with Gasteiger partial charge in [-0.1, -0.05) is 37.1 Å². The summed E-state index contributed by atoms with van der Waals surface area (Å²) in [6.07, 6.45) is 5.62. The molecule has 1 heterocycles. The average molecular weight is 443 g/mol. The molecule has 0 aromatic heterocycles. The Morgan fingerprint density at radius 2 is 1.88 bits per heavy atom. The molecule has 0 bridgehead atoms. The van der Waals surface area contributed by atoms with Crippen molar-refractivity contribution in [1.82, 2.24) is 10.2 Å². The Morgan fingerprint density at radius 1 is 1.21 bits per heavy atom. The van der Waals surface area contributed by atoms with E-state index in [0.717, 1.165) is 24.3 Å². The summed E-state index contributed by atoms with van der Waals surface area (Å²) < 4.78 is 5.21. The van der Waals surface area contributed by atoms with Crippen LogP contribution in [0.25, 0.3) is 0 Å². The summed E-state index contributed by atoms with van der Waals surface area (Å²) in [6, 6.07) is 8.56. The third-order valence-corrected chi connectivity index (χ3v) is 5.24. The summed E-state index contributed by atoms with van der Waals surface area (Å²) in [5.74, 6) is 2.82. The Balaban J connectivity index is 0.00000208. The summed E-state index contributed by atoms with van der Waals surface area (Å²) in [5, 5.41) is 3.54. The SMILES string of the molecule is CN=C(NCc1cccc(COC)c1)N1CC2CCCCC2C1.I. The molecule has 0 amide bonds. The number of halogens is 1. The zero-order valence-electron chi connectivity index (χ0n) is 14.8. The third-order valence-electron chi connectivity index (χ3n) is 5.24. The fourth-order valence-corrected chi connectivity index (χ4v) is 4.09. The maximum Gasteiger partial charge on any atom is 0.193 e. The molecule has 1 saturated heterocycles. The lowest BCUT2D eigenvalue weighted by Gasteiger charge is -2.22. The highest BCUT2D eigenvalue weighted by Crippen LogP contribution is 2.35. The van der Waals surface area contributed by atoms with Crippen LogP contribution in [0.5, 0.6) is 0 Å². The van der Waals surface area contributed by atoms with Crippen LogP contribution in [0.4, 0.5) is 0 Å². The van der Waals surface area contributed by atoms with Gasteiger partial charge in [-0.05, 0) is 35.8 Å². The van der Waals surface area contributed by atoms with Crippen LogP contribution < -0.4 is 5.32 Å². The van der Waals surface area contributed by atoms with E-state index in [9.17, 15) is 0 Å². The fourth-order valence-electron chi connectivity index (χ4n) is 4.09. The van der Waals surface area contributed by atoms with Crippen molar-refractivity contribution in [3.05, 3.63) is 35.4 Å². The van der Waals surface area contributed by atoms with Crippen LogP contribution in [0.15, 0.2) is 29.3 Å². The number of hydrogen-bond acceptors (Lipinski definition) is 2. The molecule has 0 radical (unpaired) electrons. The van der Waals surface area contributed by atoms with Gasteiger partial charge in [0.2, 0.25) is 0 Å². The number of ether oxygens (including phenoxy) is 1. The van der Waals surface area contributed by atoms with Crippen LogP contribution in [-0.2, 0) is 17.9 Å². The van der Waals surface area contributed by atoms with Gasteiger partial charge in [-0.15, -0.1) is 24.0 Å². The van der Waals surface area contributed by atoms with Crippen molar-refractivity contribution in [3.63, 3.8) is 0 Å². The molecule has 2 unspecified atom stereocenters. The van der Waals surface area contributed by atoms with Crippen molar-refractivity contribution in [2.45, 2.75) is 38.8 Å². The van der Waals surface area contributed by atoms with Crippen LogP contribution in [-0.4, -0.2) is 38.1 Å². The second kappa shape index (κ2) is 9.61. The molecule has 1 aliphatic heterocycles. The van der Waals surface area contributed by atoms with E-state index >= 15 is 0 Å². The number of rotatable bonds is 4. The van der Waals surface area contributed by atoms with Gasteiger partial charge in [-0.25, -0.2) is 0 Å². The van der Waals surface area contributed by atoms with Gasteiger partial charge in [0, 0.05) is 33.8 Å². The van der Waals surface area contributed by atoms with Crippen molar-refractivity contribution < 1.29 is 4.74 Å². The highest BCUT2D eigenvalue weighted by atomic mass is 127. The topological polar surface area (TPSA) is 36.9 Å². The highest BCUT2D eigenvalue weighted by molar-refractivity contribution is 14.0. The maximum atomic E-state index is 5.21. The second-order valence-electron chi connectivity index (χ2n) is 6.86. The van der Waals surface area contributed by atoms with E-state index in [2.05, 4.69) is 39.5 Å². The van der Waals surface area contributed by atoms with Crippen molar-refractivity contribution in [2.24, 2.45) is 16.8 Å². The normalized spacial score (nSPS) is 23.6. The predicted octanol–water partition coefficient (Wildman–Crippen LogP) is 3.65. The number of benzene rings is 1. The predicted molar refractivity (Wildman–Crippen MR) is 110 cm³/mol. The number of nitrogens with zero attached hydrogens (tertiary/aromatic N) is 2. The van der Waals surface area contributed by atoms with Crippen LogP contribution in [0.2, 0.25) is 0 Å². The summed E-state index contributed by atoms with van der Waals surface area (Å²) in [6.45, 7) is 3.83. The van der Waals surface area contributed by atoms with Gasteiger partial charge in [-0.3, -0.25) is 4.99 Å². The molecule has 1 saturated carbocycles. The Labute approximate surface area is 163 Å². The summed E-state index contributed by atoms with van der Waals surface area (Å²) in [5.41, 5.74) is 2.49. The monoisotopic (exact) mass is 443 g/mol. The van der Waals surface area contributed by atoms with E-state index < -0.39 is 0 Å². The number of guanidine groups is 1. The van der Waals surface area contributed by atoms with Gasteiger partial charge >= 0.3 is 0 Å². The lowest BCUT2D eigenvalue weighted by Crippen LogP contribution is -2.39. The standard InChI is InChI=1S/C19H29N3O.HI/c1-20-19(22-12-17-8-3-4-9-18(17)13-22)21-11-15-6-5-7-16(10-15)14-23-2;/h5-7,10,17-18H,3-4,8-9,11-14H2,1-2H3,(H,20,21);1H. The van der Waals surface area contributed by atoms with Crippen molar-refractivity contribution in [3.8, 4) is 0 Å². The van der Waals surface area contributed by atoms with Gasteiger partial charge in [0.25, 0.3) is 0 Å². The highest BCUT2D eigenvalue weighted by Gasteiger charge is 2.35. The number of nitrogens with one attached hydrogen (secondary N) is 1. The lowest BCUT2D eigenvalue weighted by molar-refractivity contribution is 0.185. The molecule has 1 aromatic rings. The summed E-state index contributed by atoms with van der Waals surface area (Å²) in [4.78, 5) is 6.97. The molecule has 2 aliphatic rings. The van der Waals surface area contributed by atoms with Crippen LogP contribution in [0.3, 0.4) is 0 Å². The number of methoxy groups -OCH3 is 1. The number of fused-ring (bicyclic) bond motifs is 1. The largest absolute Gasteiger partial charge is 0.380 e. The molecular weight excluding hydrogens is 413 g/mol. The van der Waals surface area contributed by atoms with Crippen molar-refractivity contribution in [2.75, 3.05) is 27.2 Å². The van der Waals surface area contributed by atoms with E-state index in [1.54, 1.807) is 7.11 Å². The molecule has 2 atom stereocenters. The van der Waals surface area contributed by atoms with Gasteiger partial charge in [0.15, 0.2) is 5.96 Å². The minimum Gasteiger partial charge on any atom is -0.380 e. The third kappa shape index (κ3) is 4.85. The molecule has 24 heavy (non-hydrogen) atoms. The van der Waals surface area contributed by atoms with Crippen LogP contribution in [0, 0.1) is 11.8 Å². The zero-order chi connectivity index (χ0) is 16.1. The molecule has 4 nitrogen and oxygen atoms in total. The molecule has 2 fully saturated rings. The number of aliphatic imine (C=N–C) groups is 1. The Morgan fingerprint density at radius 3 is 2.50 bits per heavy atom. The number of hydrogen-bond donors (Lipinski definition) is 1. The first-order valence-electron chi connectivity index (χ1n) is 8.82. The van der Waals surface area contributed by atoms with Gasteiger partial charge in [0.05, 0.1) is 6.61 Å². The Hall–Kier alpha value is -0.820. The first-order chi connectivity index (χ1) is 11.3. The Bertz CT molecular complexity index is 535. The molecule has 1 aliphatic carbocycles. The van der Waals surface area contributed by atoms with E-state index in [-0.39, 0.29) is 24.0 Å². The molecule has 134 valence electrons. The average Bonchev–Trinajstić information content (AvgIpc) is 3.00. The summed E-state index contributed by atoms with van der Waals surface area (Å²) in [7, 11) is 3.63. The molecule has 3 rings (SSSR count). The quantitative estimate of drug-likeness (QED) is 0.439. The van der Waals surface area contributed by atoms with Crippen molar-refractivity contribution in [1.29, 1.82) is 0 Å². The molecule has 5 heteroatoms. The molecule has 1 aromatic carbocycles. The number of likely N-dealkylation sites (tertiary alicyclic amines) is 1. The fraction of sp³-hybridized carbons (Fsp3) is 0.632. The first-order valence-corrected chi connectivity index (χ1v) is 8.82. The molecule has 1 N–H and O–H groups in total. The maximum absolute atomic E-state index is 5.21. The first kappa shape index (κ1) is 19.5. The minimum atomic E-state index is 0. The van der Waals surface area contributed by atoms with E-state index in [1.165, 1.54) is 49.9 Å².